The first kappa shape index (κ1) is 19.3. The molecule has 1 saturated heterocycles. The number of hydrogen-bond donors (Lipinski definition) is 1. The van der Waals surface area contributed by atoms with Gasteiger partial charge in [-0.3, -0.25) is 9.59 Å². The van der Waals surface area contributed by atoms with E-state index in [9.17, 15) is 9.59 Å². The summed E-state index contributed by atoms with van der Waals surface area (Å²) in [4.78, 5) is 26.7. The van der Waals surface area contributed by atoms with Crippen molar-refractivity contribution in [3.8, 4) is 11.3 Å². The van der Waals surface area contributed by atoms with E-state index < -0.39 is 0 Å². The van der Waals surface area contributed by atoms with E-state index in [1.807, 2.05) is 30.3 Å². The zero-order chi connectivity index (χ0) is 19.1. The minimum atomic E-state index is -0.271. The summed E-state index contributed by atoms with van der Waals surface area (Å²) in [5.41, 5.74) is 1.33. The van der Waals surface area contributed by atoms with Crippen molar-refractivity contribution >= 4 is 5.91 Å². The van der Waals surface area contributed by atoms with Crippen LogP contribution in [0, 0.1) is 0 Å². The van der Waals surface area contributed by atoms with Crippen LogP contribution in [0.25, 0.3) is 11.3 Å². The number of amides is 1. The molecular weight excluding hydrogens is 340 g/mol. The number of nitrogens with zero attached hydrogens (tertiary/aromatic N) is 3. The molecule has 1 aliphatic heterocycles. The average Bonchev–Trinajstić information content (AvgIpc) is 2.69. The quantitative estimate of drug-likeness (QED) is 0.762. The SMILES string of the molecule is C[C@H]1CCCCN1CCCNC(=O)Cn1nc(-c2ccccc2)ccc1=O. The van der Waals surface area contributed by atoms with Crippen LogP contribution >= 0.6 is 0 Å². The number of rotatable bonds is 7. The Morgan fingerprint density at radius 3 is 2.78 bits per heavy atom. The predicted octanol–water partition coefficient (Wildman–Crippen LogP) is 2.29. The maximum atomic E-state index is 12.2. The standard InChI is InChI=1S/C21H28N4O2/c1-17-8-5-6-14-24(17)15-7-13-22-20(26)16-25-21(27)12-11-19(23-25)18-9-3-2-4-10-18/h2-4,9-12,17H,5-8,13-16H2,1H3,(H,22,26)/t17-/m0/s1. The van der Waals surface area contributed by atoms with Crippen molar-refractivity contribution in [2.45, 2.75) is 45.2 Å². The van der Waals surface area contributed by atoms with E-state index in [-0.39, 0.29) is 18.0 Å². The molecule has 1 fully saturated rings. The lowest BCUT2D eigenvalue weighted by Gasteiger charge is -2.33. The molecule has 6 heteroatoms. The normalized spacial score (nSPS) is 17.6. The highest BCUT2D eigenvalue weighted by atomic mass is 16.2. The van der Waals surface area contributed by atoms with Crippen LogP contribution in [-0.4, -0.2) is 46.3 Å². The fraction of sp³-hybridized carbons (Fsp3) is 0.476. The van der Waals surface area contributed by atoms with Gasteiger partial charge in [0, 0.05) is 30.8 Å². The Hall–Kier alpha value is -2.47. The Labute approximate surface area is 160 Å². The van der Waals surface area contributed by atoms with Gasteiger partial charge in [0.2, 0.25) is 5.91 Å². The van der Waals surface area contributed by atoms with Crippen molar-refractivity contribution in [2.75, 3.05) is 19.6 Å². The third-order valence-corrected chi connectivity index (χ3v) is 5.11. The summed E-state index contributed by atoms with van der Waals surface area (Å²) < 4.78 is 1.23. The number of aromatic nitrogens is 2. The largest absolute Gasteiger partial charge is 0.354 e. The molecular formula is C21H28N4O2. The van der Waals surface area contributed by atoms with E-state index >= 15 is 0 Å². The van der Waals surface area contributed by atoms with Gasteiger partial charge in [0.15, 0.2) is 0 Å². The van der Waals surface area contributed by atoms with Gasteiger partial charge in [-0.05, 0) is 38.8 Å². The van der Waals surface area contributed by atoms with E-state index in [1.165, 1.54) is 30.0 Å². The Bertz CT molecular complexity index is 803. The third-order valence-electron chi connectivity index (χ3n) is 5.11. The van der Waals surface area contributed by atoms with Crippen LogP contribution in [0.15, 0.2) is 47.3 Å². The number of nitrogens with one attached hydrogen (secondary N) is 1. The van der Waals surface area contributed by atoms with Gasteiger partial charge < -0.3 is 10.2 Å². The molecule has 6 nitrogen and oxygen atoms in total. The molecule has 2 aromatic rings. The highest BCUT2D eigenvalue weighted by Crippen LogP contribution is 2.16. The molecule has 0 bridgehead atoms. The van der Waals surface area contributed by atoms with Crippen molar-refractivity contribution in [1.82, 2.24) is 20.0 Å². The van der Waals surface area contributed by atoms with Crippen LogP contribution in [0.4, 0.5) is 0 Å². The van der Waals surface area contributed by atoms with Gasteiger partial charge in [0.1, 0.15) is 6.54 Å². The van der Waals surface area contributed by atoms with Crippen LogP contribution in [0.3, 0.4) is 0 Å². The highest BCUT2D eigenvalue weighted by molar-refractivity contribution is 5.75. The van der Waals surface area contributed by atoms with E-state index in [0.29, 0.717) is 18.3 Å². The molecule has 1 aliphatic rings. The van der Waals surface area contributed by atoms with Crippen molar-refractivity contribution in [2.24, 2.45) is 0 Å². The summed E-state index contributed by atoms with van der Waals surface area (Å²) >= 11 is 0. The van der Waals surface area contributed by atoms with Gasteiger partial charge >= 0.3 is 0 Å². The molecule has 0 aliphatic carbocycles. The Morgan fingerprint density at radius 2 is 2.00 bits per heavy atom. The number of carbonyl (C=O) groups is 1. The molecule has 1 atom stereocenters. The molecule has 0 saturated carbocycles. The molecule has 3 rings (SSSR count). The average molecular weight is 368 g/mol. The first-order chi connectivity index (χ1) is 13.1. The van der Waals surface area contributed by atoms with Gasteiger partial charge in [0.25, 0.3) is 5.56 Å². The maximum Gasteiger partial charge on any atom is 0.267 e. The Kier molecular flexibility index (Phi) is 6.76. The minimum absolute atomic E-state index is 0.0559. The second kappa shape index (κ2) is 9.46. The third kappa shape index (κ3) is 5.50. The molecule has 0 radical (unpaired) electrons. The van der Waals surface area contributed by atoms with E-state index in [1.54, 1.807) is 6.07 Å². The summed E-state index contributed by atoms with van der Waals surface area (Å²) in [6.07, 6.45) is 4.77. The topological polar surface area (TPSA) is 67.2 Å². The van der Waals surface area contributed by atoms with Gasteiger partial charge in [-0.2, -0.15) is 5.10 Å². The lowest BCUT2D eigenvalue weighted by molar-refractivity contribution is -0.121. The van der Waals surface area contributed by atoms with Gasteiger partial charge in [-0.25, -0.2) is 4.68 Å². The number of likely N-dealkylation sites (tertiary alicyclic amines) is 1. The fourth-order valence-electron chi connectivity index (χ4n) is 3.52. The summed E-state index contributed by atoms with van der Waals surface area (Å²) in [6.45, 7) is 4.99. The summed E-state index contributed by atoms with van der Waals surface area (Å²) in [5.74, 6) is -0.179. The second-order valence-corrected chi connectivity index (χ2v) is 7.16. The van der Waals surface area contributed by atoms with Crippen molar-refractivity contribution < 1.29 is 4.79 Å². The summed E-state index contributed by atoms with van der Waals surface area (Å²) in [5, 5.41) is 7.24. The fourth-order valence-corrected chi connectivity index (χ4v) is 3.52. The van der Waals surface area contributed by atoms with Gasteiger partial charge in [0.05, 0.1) is 5.69 Å². The van der Waals surface area contributed by atoms with E-state index in [0.717, 1.165) is 25.1 Å². The zero-order valence-corrected chi connectivity index (χ0v) is 15.9. The Balaban J connectivity index is 1.49. The number of hydrogen-bond acceptors (Lipinski definition) is 4. The number of benzene rings is 1. The lowest BCUT2D eigenvalue weighted by Crippen LogP contribution is -2.39. The van der Waals surface area contributed by atoms with Gasteiger partial charge in [-0.15, -0.1) is 0 Å². The number of piperidine rings is 1. The zero-order valence-electron chi connectivity index (χ0n) is 15.9. The lowest BCUT2D eigenvalue weighted by atomic mass is 10.0. The van der Waals surface area contributed by atoms with E-state index in [2.05, 4.69) is 22.2 Å². The second-order valence-electron chi connectivity index (χ2n) is 7.16. The first-order valence-corrected chi connectivity index (χ1v) is 9.78. The maximum absolute atomic E-state index is 12.2. The predicted molar refractivity (Wildman–Crippen MR) is 106 cm³/mol. The monoisotopic (exact) mass is 368 g/mol. The van der Waals surface area contributed by atoms with Crippen LogP contribution in [0.5, 0.6) is 0 Å². The minimum Gasteiger partial charge on any atom is -0.354 e. The van der Waals surface area contributed by atoms with Crippen LogP contribution < -0.4 is 10.9 Å². The molecule has 144 valence electrons. The molecule has 27 heavy (non-hydrogen) atoms. The molecule has 1 amide bonds. The summed E-state index contributed by atoms with van der Waals surface area (Å²) in [7, 11) is 0. The molecule has 1 aromatic heterocycles. The van der Waals surface area contributed by atoms with Crippen molar-refractivity contribution in [3.63, 3.8) is 0 Å². The first-order valence-electron chi connectivity index (χ1n) is 9.78. The van der Waals surface area contributed by atoms with E-state index in [4.69, 9.17) is 0 Å². The van der Waals surface area contributed by atoms with Crippen LogP contribution in [0.2, 0.25) is 0 Å². The van der Waals surface area contributed by atoms with Crippen LogP contribution in [0.1, 0.15) is 32.6 Å². The van der Waals surface area contributed by atoms with Crippen molar-refractivity contribution in [3.05, 3.63) is 52.8 Å². The number of carbonyl (C=O) groups excluding carboxylic acids is 1. The smallest absolute Gasteiger partial charge is 0.267 e. The summed E-state index contributed by atoms with van der Waals surface area (Å²) in [6, 6.07) is 13.4. The highest BCUT2D eigenvalue weighted by Gasteiger charge is 2.17. The van der Waals surface area contributed by atoms with Crippen molar-refractivity contribution in [1.29, 1.82) is 0 Å². The Morgan fingerprint density at radius 1 is 1.19 bits per heavy atom. The molecule has 1 aromatic carbocycles. The molecule has 0 unspecified atom stereocenters. The molecule has 0 spiro atoms. The van der Waals surface area contributed by atoms with Crippen LogP contribution in [-0.2, 0) is 11.3 Å². The molecule has 2 heterocycles. The molecule has 1 N–H and O–H groups in total. The van der Waals surface area contributed by atoms with Gasteiger partial charge in [-0.1, -0.05) is 36.8 Å².